The van der Waals surface area contributed by atoms with Crippen molar-refractivity contribution in [3.8, 4) is 5.75 Å². The minimum absolute atomic E-state index is 0.322. The van der Waals surface area contributed by atoms with Crippen LogP contribution in [0.15, 0.2) is 29.3 Å². The lowest BCUT2D eigenvalue weighted by atomic mass is 10.2. The molecule has 6 heteroatoms. The first-order chi connectivity index (χ1) is 9.45. The summed E-state index contributed by atoms with van der Waals surface area (Å²) in [5.41, 5.74) is 0.563. The van der Waals surface area contributed by atoms with E-state index in [0.717, 1.165) is 0 Å². The Hall–Kier alpha value is -2.37. The van der Waals surface area contributed by atoms with Gasteiger partial charge in [-0.2, -0.15) is 0 Å². The van der Waals surface area contributed by atoms with Crippen LogP contribution in [0.4, 0.5) is 0 Å². The lowest BCUT2D eigenvalue weighted by Crippen LogP contribution is -2.42. The van der Waals surface area contributed by atoms with Crippen LogP contribution in [0.5, 0.6) is 5.75 Å². The Balaban J connectivity index is 2.69. The number of carboxylic acids is 1. The monoisotopic (exact) mass is 265 g/mol. The Morgan fingerprint density at radius 1 is 1.42 bits per heavy atom. The summed E-state index contributed by atoms with van der Waals surface area (Å²) in [4.78, 5) is 26.3. The van der Waals surface area contributed by atoms with Crippen LogP contribution in [-0.4, -0.2) is 41.8 Å². The number of nitrogens with one attached hydrogen (secondary N) is 1. The molecule has 0 spiro atoms. The summed E-state index contributed by atoms with van der Waals surface area (Å²) in [5.74, 6) is -1.27. The van der Waals surface area contributed by atoms with E-state index in [1.54, 1.807) is 31.2 Å². The first kappa shape index (κ1) is 13.1. The average Bonchev–Trinajstić information content (AvgIpc) is 2.44. The van der Waals surface area contributed by atoms with E-state index in [4.69, 9.17) is 6.54 Å². The summed E-state index contributed by atoms with van der Waals surface area (Å²) in [6, 6.07) is 5.05. The Morgan fingerprint density at radius 3 is 2.74 bits per heavy atom. The average molecular weight is 265 g/mol. The third-order valence-corrected chi connectivity index (χ3v) is 2.46. The van der Waals surface area contributed by atoms with Gasteiger partial charge in [0.1, 0.15) is 17.8 Å². The first-order valence-electron chi connectivity index (χ1n) is 6.15. The van der Waals surface area contributed by atoms with E-state index in [0.29, 0.717) is 11.3 Å². The van der Waals surface area contributed by atoms with Gasteiger partial charge < -0.3 is 15.5 Å². The van der Waals surface area contributed by atoms with Gasteiger partial charge in [0.15, 0.2) is 0 Å². The molecule has 2 atom stereocenters. The molecule has 0 unspecified atom stereocenters. The maximum Gasteiger partial charge on any atom is 0.325 e. The van der Waals surface area contributed by atoms with E-state index < -0.39 is 24.0 Å². The van der Waals surface area contributed by atoms with Crippen molar-refractivity contribution in [3.05, 3.63) is 29.8 Å². The SMILES string of the molecule is [2H]Oc1ccccc1C=N[C@@H](C)C(=O)N[C@@H](C)C(=O)O. The van der Waals surface area contributed by atoms with Gasteiger partial charge in [0, 0.05) is 11.8 Å². The molecule has 0 heterocycles. The molecule has 0 aromatic heterocycles. The number of hydrogen-bond acceptors (Lipinski definition) is 4. The number of carboxylic acid groups (broad SMARTS) is 1. The molecule has 1 rings (SSSR count). The highest BCUT2D eigenvalue weighted by Crippen LogP contribution is 2.13. The fraction of sp³-hybridized carbons (Fsp3) is 0.308. The smallest absolute Gasteiger partial charge is 0.325 e. The quantitative estimate of drug-likeness (QED) is 0.662. The van der Waals surface area contributed by atoms with Gasteiger partial charge in [-0.1, -0.05) is 12.1 Å². The van der Waals surface area contributed by atoms with Crippen LogP contribution in [0.2, 0.25) is 0 Å². The fourth-order valence-electron chi connectivity index (χ4n) is 1.24. The number of phenols is 1. The number of phenolic OH excluding ortho intramolecular Hbond substituents is 1. The van der Waals surface area contributed by atoms with Crippen molar-refractivity contribution in [3.63, 3.8) is 0 Å². The topological polar surface area (TPSA) is 99.0 Å². The number of benzene rings is 1. The zero-order valence-corrected chi connectivity index (χ0v) is 10.7. The van der Waals surface area contributed by atoms with Gasteiger partial charge >= 0.3 is 5.97 Å². The molecule has 0 aliphatic heterocycles. The molecule has 0 fully saturated rings. The van der Waals surface area contributed by atoms with Crippen LogP contribution in [0.1, 0.15) is 19.4 Å². The number of hydrogen-bond donors (Lipinski definition) is 3. The maximum absolute atomic E-state index is 11.7. The highest BCUT2D eigenvalue weighted by Gasteiger charge is 2.17. The molecule has 0 aliphatic rings. The van der Waals surface area contributed by atoms with Crippen LogP contribution in [-0.2, 0) is 9.59 Å². The molecule has 3 N–H and O–H groups in total. The molecule has 1 aromatic carbocycles. The second-order valence-corrected chi connectivity index (χ2v) is 4.06. The fourth-order valence-corrected chi connectivity index (χ4v) is 1.24. The Labute approximate surface area is 112 Å². The van der Waals surface area contributed by atoms with Crippen molar-refractivity contribution in [2.75, 3.05) is 0 Å². The van der Waals surface area contributed by atoms with Gasteiger partial charge in [-0.15, -0.1) is 0 Å². The molecular formula is C13H16N2O4. The van der Waals surface area contributed by atoms with E-state index in [1.165, 1.54) is 13.1 Å². The van der Waals surface area contributed by atoms with Gasteiger partial charge in [-0.05, 0) is 26.0 Å². The van der Waals surface area contributed by atoms with Gasteiger partial charge in [0.05, 0.1) is 0 Å². The number of rotatable bonds is 6. The van der Waals surface area contributed by atoms with Gasteiger partial charge in [0.2, 0.25) is 5.91 Å². The largest absolute Gasteiger partial charge is 0.507 e. The highest BCUT2D eigenvalue weighted by atomic mass is 16.4. The van der Waals surface area contributed by atoms with Crippen LogP contribution >= 0.6 is 0 Å². The minimum Gasteiger partial charge on any atom is -0.507 e. The molecule has 1 amide bonds. The number of aromatic hydroxyl groups is 1. The molecule has 0 aliphatic carbocycles. The second-order valence-electron chi connectivity index (χ2n) is 4.06. The van der Waals surface area contributed by atoms with Crippen LogP contribution < -0.4 is 5.32 Å². The van der Waals surface area contributed by atoms with Crippen molar-refractivity contribution in [2.24, 2.45) is 4.99 Å². The van der Waals surface area contributed by atoms with Crippen molar-refractivity contribution in [1.82, 2.24) is 5.32 Å². The maximum atomic E-state index is 11.7. The number of carbonyl (C=O) groups is 2. The van der Waals surface area contributed by atoms with Crippen LogP contribution in [0.25, 0.3) is 0 Å². The number of para-hydroxylation sites is 1. The van der Waals surface area contributed by atoms with E-state index in [2.05, 4.69) is 15.4 Å². The van der Waals surface area contributed by atoms with Crippen molar-refractivity contribution in [1.29, 1.82) is 1.43 Å². The Morgan fingerprint density at radius 2 is 2.11 bits per heavy atom. The summed E-state index contributed by atoms with van der Waals surface area (Å²) >= 11 is 0. The standard InChI is InChI=1S/C13H16N2O4/c1-8(12(17)15-9(2)13(18)19)14-7-10-5-3-4-6-11(10)16/h3-9,16H,1-2H3,(H,15,17)(H,18,19)/t8-,9-/m0/s1/i/hD. The molecule has 102 valence electrons. The number of aliphatic imine (C=N–C) groups is 1. The zero-order valence-electron chi connectivity index (χ0n) is 11.7. The van der Waals surface area contributed by atoms with Crippen LogP contribution in [0, 0.1) is 0 Å². The highest BCUT2D eigenvalue weighted by molar-refractivity contribution is 5.90. The normalized spacial score (nSPS) is 14.5. The van der Waals surface area contributed by atoms with Crippen molar-refractivity contribution >= 4 is 18.1 Å². The van der Waals surface area contributed by atoms with Crippen molar-refractivity contribution < 1.29 is 19.8 Å². The molecular weight excluding hydrogens is 248 g/mol. The molecule has 0 saturated heterocycles. The van der Waals surface area contributed by atoms with Gasteiger partial charge in [-0.25, -0.2) is 0 Å². The van der Waals surface area contributed by atoms with E-state index >= 15 is 0 Å². The van der Waals surface area contributed by atoms with Crippen LogP contribution in [0.3, 0.4) is 0 Å². The Bertz CT molecular complexity index is 519. The summed E-state index contributed by atoms with van der Waals surface area (Å²) in [5, 5.41) is 15.4. The lowest BCUT2D eigenvalue weighted by Gasteiger charge is -2.11. The first-order valence-corrected chi connectivity index (χ1v) is 5.74. The predicted octanol–water partition coefficient (Wildman–Crippen LogP) is 0.789. The third-order valence-electron chi connectivity index (χ3n) is 2.46. The molecule has 0 radical (unpaired) electrons. The molecule has 6 nitrogen and oxygen atoms in total. The van der Waals surface area contributed by atoms with E-state index in [9.17, 15) is 9.59 Å². The predicted molar refractivity (Wildman–Crippen MR) is 70.4 cm³/mol. The van der Waals surface area contributed by atoms with Gasteiger partial charge in [0.25, 0.3) is 1.43 Å². The zero-order chi connectivity index (χ0) is 15.1. The number of carbonyl (C=O) groups excluding carboxylic acids is 1. The molecule has 0 saturated carbocycles. The van der Waals surface area contributed by atoms with Crippen molar-refractivity contribution in [2.45, 2.75) is 25.9 Å². The summed E-state index contributed by atoms with van der Waals surface area (Å²) in [6.07, 6.45) is 1.42. The molecule has 19 heavy (non-hydrogen) atoms. The van der Waals surface area contributed by atoms with E-state index in [-0.39, 0.29) is 0 Å². The third kappa shape index (κ3) is 4.42. The minimum atomic E-state index is -1.11. The Kier molecular flexibility index (Phi) is 4.49. The number of aliphatic carboxylic acids is 1. The molecule has 1 aromatic rings. The number of nitrogens with zero attached hydrogens (tertiary/aromatic N) is 1. The molecule has 0 bridgehead atoms. The number of amides is 1. The second kappa shape index (κ2) is 6.53. The summed E-state index contributed by atoms with van der Waals surface area (Å²) < 4.78 is 6.89. The summed E-state index contributed by atoms with van der Waals surface area (Å²) in [7, 11) is 0. The summed E-state index contributed by atoms with van der Waals surface area (Å²) in [6.45, 7) is 2.92. The lowest BCUT2D eigenvalue weighted by molar-refractivity contribution is -0.141. The van der Waals surface area contributed by atoms with Gasteiger partial charge in [-0.3, -0.25) is 14.6 Å². The van der Waals surface area contributed by atoms with E-state index in [1.807, 2.05) is 0 Å².